The maximum atomic E-state index is 9.14. The molecule has 0 aliphatic carbocycles. The molecule has 1 fully saturated rings. The van der Waals surface area contributed by atoms with Crippen LogP contribution in [0, 0.1) is 0 Å². The summed E-state index contributed by atoms with van der Waals surface area (Å²) >= 11 is 0. The van der Waals surface area contributed by atoms with Gasteiger partial charge in [0, 0.05) is 18.8 Å². The molecule has 3 aromatic rings. The topological polar surface area (TPSA) is 100 Å². The van der Waals surface area contributed by atoms with Crippen molar-refractivity contribution in [3.8, 4) is 11.4 Å². The summed E-state index contributed by atoms with van der Waals surface area (Å²) in [4.78, 5) is 11.1. The summed E-state index contributed by atoms with van der Waals surface area (Å²) in [5.74, 6) is 3.35. The Bertz CT molecular complexity index is 858. The number of likely N-dealkylation sites (tertiary alicyclic amines) is 1. The predicted molar refractivity (Wildman–Crippen MR) is 94.1 cm³/mol. The van der Waals surface area contributed by atoms with Crippen LogP contribution in [0.5, 0.6) is 0 Å². The van der Waals surface area contributed by atoms with Crippen LogP contribution >= 0.6 is 0 Å². The average molecular weight is 355 g/mol. The van der Waals surface area contributed by atoms with Crippen molar-refractivity contribution in [2.24, 2.45) is 0 Å². The molecule has 8 heteroatoms. The fraction of sp³-hybridized carbons (Fsp3) is 0.389. The van der Waals surface area contributed by atoms with E-state index in [-0.39, 0.29) is 12.6 Å². The third-order valence-corrected chi connectivity index (χ3v) is 4.60. The number of hydrogen-bond donors (Lipinski definition) is 2. The van der Waals surface area contributed by atoms with Crippen molar-refractivity contribution in [3.63, 3.8) is 0 Å². The second kappa shape index (κ2) is 7.27. The molecule has 1 saturated heterocycles. The van der Waals surface area contributed by atoms with Gasteiger partial charge in [0.15, 0.2) is 0 Å². The molecule has 136 valence electrons. The first-order valence-electron chi connectivity index (χ1n) is 8.67. The van der Waals surface area contributed by atoms with Crippen molar-refractivity contribution in [2.75, 3.05) is 18.9 Å². The molecule has 3 aromatic heterocycles. The lowest BCUT2D eigenvalue weighted by Crippen LogP contribution is -2.22. The van der Waals surface area contributed by atoms with E-state index in [4.69, 9.17) is 14.0 Å². The molecule has 0 spiro atoms. The first-order valence-corrected chi connectivity index (χ1v) is 8.67. The van der Waals surface area contributed by atoms with Gasteiger partial charge < -0.3 is 19.4 Å². The van der Waals surface area contributed by atoms with Crippen LogP contribution in [0.25, 0.3) is 11.4 Å². The molecule has 0 radical (unpaired) electrons. The quantitative estimate of drug-likeness (QED) is 0.696. The highest BCUT2D eigenvalue weighted by Crippen LogP contribution is 2.33. The molecule has 4 heterocycles. The maximum Gasteiger partial charge on any atom is 0.244 e. The van der Waals surface area contributed by atoms with E-state index in [0.717, 1.165) is 36.5 Å². The van der Waals surface area contributed by atoms with Crippen LogP contribution in [0.3, 0.4) is 0 Å². The van der Waals surface area contributed by atoms with Crippen molar-refractivity contribution in [1.29, 1.82) is 0 Å². The largest absolute Gasteiger partial charge is 0.462 e. The number of furan rings is 1. The Morgan fingerprint density at radius 3 is 2.88 bits per heavy atom. The molecule has 1 atom stereocenters. The van der Waals surface area contributed by atoms with Crippen molar-refractivity contribution >= 4 is 5.82 Å². The van der Waals surface area contributed by atoms with Gasteiger partial charge in [-0.15, -0.1) is 0 Å². The standard InChI is InChI=1S/C18H21N5O3/c1-19-16-7-4-12(9-20-16)17-21-18(26-22-17)15-3-2-8-23(15)10-13-5-6-14(11-24)25-13/h4-7,9,15,24H,2-3,8,10-11H2,1H3,(H,19,20). The molecule has 1 unspecified atom stereocenters. The molecule has 4 rings (SSSR count). The molecule has 8 nitrogen and oxygen atoms in total. The summed E-state index contributed by atoms with van der Waals surface area (Å²) in [6.07, 6.45) is 3.76. The fourth-order valence-corrected chi connectivity index (χ4v) is 3.25. The summed E-state index contributed by atoms with van der Waals surface area (Å²) in [5.41, 5.74) is 0.821. The van der Waals surface area contributed by atoms with Crippen molar-refractivity contribution in [3.05, 3.63) is 47.9 Å². The Morgan fingerprint density at radius 2 is 2.15 bits per heavy atom. The average Bonchev–Trinajstić information content (AvgIpc) is 3.42. The van der Waals surface area contributed by atoms with E-state index in [1.54, 1.807) is 12.3 Å². The van der Waals surface area contributed by atoms with Crippen LogP contribution in [-0.2, 0) is 13.2 Å². The van der Waals surface area contributed by atoms with E-state index in [1.165, 1.54) is 0 Å². The second-order valence-electron chi connectivity index (χ2n) is 6.29. The molecule has 1 aliphatic rings. The first-order chi connectivity index (χ1) is 12.8. The lowest BCUT2D eigenvalue weighted by molar-refractivity contribution is 0.182. The Labute approximate surface area is 150 Å². The van der Waals surface area contributed by atoms with Gasteiger partial charge in [0.2, 0.25) is 11.7 Å². The number of anilines is 1. The number of hydrogen-bond acceptors (Lipinski definition) is 8. The Kier molecular flexibility index (Phi) is 4.68. The molecule has 0 aromatic carbocycles. The van der Waals surface area contributed by atoms with E-state index in [0.29, 0.717) is 24.0 Å². The fourth-order valence-electron chi connectivity index (χ4n) is 3.25. The highest BCUT2D eigenvalue weighted by molar-refractivity contribution is 5.55. The van der Waals surface area contributed by atoms with Gasteiger partial charge in [-0.1, -0.05) is 5.16 Å². The van der Waals surface area contributed by atoms with Gasteiger partial charge in [-0.05, 0) is 43.7 Å². The van der Waals surface area contributed by atoms with Gasteiger partial charge in [-0.25, -0.2) is 4.98 Å². The number of aliphatic hydroxyl groups excluding tert-OH is 1. The Balaban J connectivity index is 1.50. The summed E-state index contributed by atoms with van der Waals surface area (Å²) in [5, 5.41) is 16.2. The van der Waals surface area contributed by atoms with Gasteiger partial charge >= 0.3 is 0 Å². The summed E-state index contributed by atoms with van der Waals surface area (Å²) < 4.78 is 11.1. The Morgan fingerprint density at radius 1 is 1.27 bits per heavy atom. The molecular formula is C18H21N5O3. The second-order valence-corrected chi connectivity index (χ2v) is 6.29. The van der Waals surface area contributed by atoms with Crippen LogP contribution in [0.1, 0.15) is 36.3 Å². The SMILES string of the molecule is CNc1ccc(-c2noc(C3CCCN3Cc3ccc(CO)o3)n2)cn1. The normalized spacial score (nSPS) is 17.7. The van der Waals surface area contributed by atoms with Crippen LogP contribution in [0.15, 0.2) is 39.4 Å². The number of aromatic nitrogens is 3. The third kappa shape index (κ3) is 3.33. The Hall–Kier alpha value is -2.71. The van der Waals surface area contributed by atoms with Crippen molar-refractivity contribution < 1.29 is 14.0 Å². The highest BCUT2D eigenvalue weighted by atomic mass is 16.5. The van der Waals surface area contributed by atoms with E-state index in [1.807, 2.05) is 25.2 Å². The van der Waals surface area contributed by atoms with E-state index >= 15 is 0 Å². The van der Waals surface area contributed by atoms with Gasteiger partial charge in [0.25, 0.3) is 0 Å². The molecule has 0 amide bonds. The number of rotatable bonds is 6. The molecule has 0 bridgehead atoms. The van der Waals surface area contributed by atoms with Crippen LogP contribution < -0.4 is 5.32 Å². The van der Waals surface area contributed by atoms with E-state index in [9.17, 15) is 0 Å². The van der Waals surface area contributed by atoms with Gasteiger partial charge in [-0.2, -0.15) is 4.98 Å². The van der Waals surface area contributed by atoms with Crippen molar-refractivity contribution in [2.45, 2.75) is 32.0 Å². The zero-order chi connectivity index (χ0) is 17.9. The lowest BCUT2D eigenvalue weighted by Gasteiger charge is -2.19. The molecule has 26 heavy (non-hydrogen) atoms. The smallest absolute Gasteiger partial charge is 0.244 e. The number of pyridine rings is 1. The third-order valence-electron chi connectivity index (χ3n) is 4.60. The minimum absolute atomic E-state index is 0.0727. The summed E-state index contributed by atoms with van der Waals surface area (Å²) in [7, 11) is 1.83. The number of nitrogens with zero attached hydrogens (tertiary/aromatic N) is 4. The van der Waals surface area contributed by atoms with Gasteiger partial charge in [0.1, 0.15) is 23.9 Å². The van der Waals surface area contributed by atoms with Gasteiger partial charge in [-0.3, -0.25) is 4.90 Å². The van der Waals surface area contributed by atoms with Crippen LogP contribution in [0.4, 0.5) is 5.82 Å². The minimum Gasteiger partial charge on any atom is -0.462 e. The van der Waals surface area contributed by atoms with Crippen molar-refractivity contribution in [1.82, 2.24) is 20.0 Å². The molecule has 0 saturated carbocycles. The number of nitrogens with one attached hydrogen (secondary N) is 1. The predicted octanol–water partition coefficient (Wildman–Crippen LogP) is 2.60. The molecule has 1 aliphatic heterocycles. The van der Waals surface area contributed by atoms with Gasteiger partial charge in [0.05, 0.1) is 12.6 Å². The van der Waals surface area contributed by atoms with Crippen LogP contribution in [0.2, 0.25) is 0 Å². The lowest BCUT2D eigenvalue weighted by atomic mass is 10.2. The number of aliphatic hydroxyl groups is 1. The highest BCUT2D eigenvalue weighted by Gasteiger charge is 2.31. The zero-order valence-electron chi connectivity index (χ0n) is 14.6. The maximum absolute atomic E-state index is 9.14. The summed E-state index contributed by atoms with van der Waals surface area (Å²) in [6, 6.07) is 7.56. The van der Waals surface area contributed by atoms with E-state index in [2.05, 4.69) is 25.3 Å². The zero-order valence-corrected chi connectivity index (χ0v) is 14.6. The molecule has 2 N–H and O–H groups in total. The minimum atomic E-state index is -0.0865. The molecular weight excluding hydrogens is 334 g/mol. The van der Waals surface area contributed by atoms with E-state index < -0.39 is 0 Å². The monoisotopic (exact) mass is 355 g/mol. The first kappa shape index (κ1) is 16.7. The summed E-state index contributed by atoms with van der Waals surface area (Å²) in [6.45, 7) is 1.51. The van der Waals surface area contributed by atoms with Crippen LogP contribution in [-0.4, -0.2) is 38.7 Å².